The molecule has 4 heteroatoms. The van der Waals surface area contributed by atoms with Crippen LogP contribution in [0.5, 0.6) is 0 Å². The van der Waals surface area contributed by atoms with E-state index in [1.165, 1.54) is 55.4 Å². The highest BCUT2D eigenvalue weighted by Gasteiger charge is 2.27. The molecule has 25 heavy (non-hydrogen) atoms. The predicted molar refractivity (Wildman–Crippen MR) is 98.4 cm³/mol. The van der Waals surface area contributed by atoms with Gasteiger partial charge in [-0.25, -0.2) is 4.79 Å². The molecule has 1 heterocycles. The molecule has 1 saturated carbocycles. The van der Waals surface area contributed by atoms with Crippen molar-refractivity contribution >= 4 is 5.97 Å². The number of esters is 1. The van der Waals surface area contributed by atoms with Gasteiger partial charge in [-0.3, -0.25) is 0 Å². The summed E-state index contributed by atoms with van der Waals surface area (Å²) in [5.74, 6) is -0.110. The maximum absolute atomic E-state index is 11.9. The van der Waals surface area contributed by atoms with E-state index >= 15 is 0 Å². The van der Waals surface area contributed by atoms with Crippen LogP contribution in [-0.4, -0.2) is 30.2 Å². The van der Waals surface area contributed by atoms with Gasteiger partial charge in [0.05, 0.1) is 18.8 Å². The summed E-state index contributed by atoms with van der Waals surface area (Å²) in [6, 6.07) is 15.4. The van der Waals surface area contributed by atoms with Crippen LogP contribution >= 0.6 is 0 Å². The molecule has 134 valence electrons. The summed E-state index contributed by atoms with van der Waals surface area (Å²) < 4.78 is 7.25. The van der Waals surface area contributed by atoms with Gasteiger partial charge in [0.25, 0.3) is 0 Å². The van der Waals surface area contributed by atoms with Gasteiger partial charge in [0, 0.05) is 12.7 Å². The molecule has 1 atom stereocenters. The van der Waals surface area contributed by atoms with Gasteiger partial charge in [-0.1, -0.05) is 36.8 Å². The number of aromatic nitrogens is 1. The number of rotatable bonds is 7. The van der Waals surface area contributed by atoms with E-state index in [9.17, 15) is 4.79 Å². The molecule has 0 amide bonds. The van der Waals surface area contributed by atoms with Crippen molar-refractivity contribution in [3.8, 4) is 0 Å². The van der Waals surface area contributed by atoms with Crippen LogP contribution in [0, 0.1) is 0 Å². The van der Waals surface area contributed by atoms with E-state index in [-0.39, 0.29) is 5.97 Å². The molecule has 1 fully saturated rings. The van der Waals surface area contributed by atoms with E-state index in [0.717, 1.165) is 13.1 Å². The van der Waals surface area contributed by atoms with E-state index in [1.807, 2.05) is 6.07 Å². The highest BCUT2D eigenvalue weighted by molar-refractivity contribution is 5.70. The summed E-state index contributed by atoms with van der Waals surface area (Å²) in [7, 11) is 1.49. The number of quaternary nitrogens is 1. The van der Waals surface area contributed by atoms with Gasteiger partial charge >= 0.3 is 5.97 Å². The molecule has 0 radical (unpaired) electrons. The fourth-order valence-corrected chi connectivity index (χ4v) is 3.90. The Bertz CT molecular complexity index is 660. The number of nitrogens with one attached hydrogen (secondary N) is 1. The van der Waals surface area contributed by atoms with Crippen molar-refractivity contribution in [3.63, 3.8) is 0 Å². The number of hydrogen-bond donors (Lipinski definition) is 1. The summed E-state index contributed by atoms with van der Waals surface area (Å²) in [5, 5.41) is 0. The number of nitrogens with zero attached hydrogens (tertiary/aromatic N) is 1. The van der Waals surface area contributed by atoms with E-state index in [4.69, 9.17) is 4.74 Å². The average molecular weight is 341 g/mol. The summed E-state index contributed by atoms with van der Waals surface area (Å²) in [6.45, 7) is 2.20. The van der Waals surface area contributed by atoms with Crippen LogP contribution in [0.4, 0.5) is 0 Å². The van der Waals surface area contributed by atoms with Crippen LogP contribution in [0.25, 0.3) is 0 Å². The van der Waals surface area contributed by atoms with Crippen molar-refractivity contribution < 1.29 is 14.4 Å². The lowest BCUT2D eigenvalue weighted by molar-refractivity contribution is -0.933. The van der Waals surface area contributed by atoms with E-state index < -0.39 is 0 Å². The number of carbonyl (C=O) groups excluding carboxylic acids is 1. The molecule has 2 aromatic rings. The molecule has 4 nitrogen and oxygen atoms in total. The van der Waals surface area contributed by atoms with Crippen LogP contribution in [0.2, 0.25) is 0 Å². The van der Waals surface area contributed by atoms with E-state index in [1.54, 1.807) is 0 Å². The van der Waals surface area contributed by atoms with Crippen molar-refractivity contribution in [1.29, 1.82) is 0 Å². The predicted octanol–water partition coefficient (Wildman–Crippen LogP) is 2.43. The van der Waals surface area contributed by atoms with Crippen LogP contribution in [0.3, 0.4) is 0 Å². The highest BCUT2D eigenvalue weighted by atomic mass is 16.5. The molecular weight excluding hydrogens is 312 g/mol. The summed E-state index contributed by atoms with van der Waals surface area (Å²) >= 11 is 0. The van der Waals surface area contributed by atoms with E-state index in [2.05, 4.69) is 47.2 Å². The summed E-state index contributed by atoms with van der Waals surface area (Å²) in [4.78, 5) is 13.3. The van der Waals surface area contributed by atoms with Crippen LogP contribution in [0.1, 0.15) is 43.4 Å². The number of methoxy groups -OCH3 is 1. The minimum absolute atomic E-state index is 0.110. The van der Waals surface area contributed by atoms with Gasteiger partial charge in [-0.05, 0) is 43.4 Å². The fourth-order valence-electron chi connectivity index (χ4n) is 3.90. The normalized spacial score (nSPS) is 16.5. The lowest BCUT2D eigenvalue weighted by atomic mass is 9.94. The maximum Gasteiger partial charge on any atom is 0.361 e. The second-order valence-electron chi connectivity index (χ2n) is 7.04. The van der Waals surface area contributed by atoms with Gasteiger partial charge < -0.3 is 14.2 Å². The van der Waals surface area contributed by atoms with Crippen molar-refractivity contribution in [2.24, 2.45) is 0 Å². The molecule has 0 saturated heterocycles. The average Bonchev–Trinajstić information content (AvgIpc) is 3.09. The fraction of sp³-hybridized carbons (Fsp3) is 0.476. The lowest BCUT2D eigenvalue weighted by Gasteiger charge is -2.30. The third-order valence-corrected chi connectivity index (χ3v) is 5.31. The smallest absolute Gasteiger partial charge is 0.361 e. The first kappa shape index (κ1) is 17.7. The summed E-state index contributed by atoms with van der Waals surface area (Å²) in [5.41, 5.74) is 2.58. The van der Waals surface area contributed by atoms with Gasteiger partial charge in [-0.2, -0.15) is 0 Å². The first-order valence-corrected chi connectivity index (χ1v) is 9.35. The Kier molecular flexibility index (Phi) is 6.29. The molecule has 1 aliphatic rings. The maximum atomic E-state index is 11.9. The zero-order valence-electron chi connectivity index (χ0n) is 15.1. The first-order valence-electron chi connectivity index (χ1n) is 9.35. The molecule has 1 aliphatic carbocycles. The van der Waals surface area contributed by atoms with E-state index in [0.29, 0.717) is 12.6 Å². The Morgan fingerprint density at radius 2 is 1.88 bits per heavy atom. The molecule has 1 N–H and O–H groups in total. The van der Waals surface area contributed by atoms with Crippen LogP contribution in [-0.2, 0) is 22.6 Å². The monoisotopic (exact) mass is 341 g/mol. The van der Waals surface area contributed by atoms with Crippen molar-refractivity contribution in [3.05, 3.63) is 59.9 Å². The van der Waals surface area contributed by atoms with Gasteiger partial charge in [0.15, 0.2) is 6.54 Å². The zero-order chi connectivity index (χ0) is 17.5. The quantitative estimate of drug-likeness (QED) is 0.785. The number of hydrogen-bond acceptors (Lipinski definition) is 2. The Hall–Kier alpha value is -2.07. The Morgan fingerprint density at radius 3 is 2.60 bits per heavy atom. The largest absolute Gasteiger partial charge is 0.465 e. The first-order chi connectivity index (χ1) is 12.3. The molecule has 0 bridgehead atoms. The lowest BCUT2D eigenvalue weighted by Crippen LogP contribution is -3.15. The molecule has 0 spiro atoms. The van der Waals surface area contributed by atoms with Crippen molar-refractivity contribution in [2.75, 3.05) is 13.7 Å². The molecule has 0 aliphatic heterocycles. The highest BCUT2D eigenvalue weighted by Crippen LogP contribution is 2.16. The molecule has 1 aromatic carbocycles. The number of benzene rings is 1. The molecule has 1 aromatic heterocycles. The zero-order valence-corrected chi connectivity index (χ0v) is 15.1. The third-order valence-electron chi connectivity index (χ3n) is 5.31. The van der Waals surface area contributed by atoms with Crippen molar-refractivity contribution in [2.45, 2.75) is 51.2 Å². The van der Waals surface area contributed by atoms with Crippen LogP contribution in [0.15, 0.2) is 48.7 Å². The minimum Gasteiger partial charge on any atom is -0.465 e. The Morgan fingerprint density at radius 1 is 1.12 bits per heavy atom. The standard InChI is InChI=1S/C21H28N2O2/c1-25-21(24)17-23(19-11-6-3-7-12-19)16-20-13-8-14-22(20)15-18-9-4-2-5-10-18/h2,4-5,8-10,13-14,19H,3,6-7,11-12,15-17H2,1H3/p+1. The second kappa shape index (κ2) is 8.86. The number of carbonyl (C=O) groups is 1. The Labute approximate surface area is 150 Å². The van der Waals surface area contributed by atoms with Gasteiger partial charge in [-0.15, -0.1) is 0 Å². The van der Waals surface area contributed by atoms with Gasteiger partial charge in [0.2, 0.25) is 0 Å². The topological polar surface area (TPSA) is 35.7 Å². The SMILES string of the molecule is COC(=O)C[NH+](Cc1cccn1Cc1ccccc1)C1CCCCC1. The second-order valence-corrected chi connectivity index (χ2v) is 7.04. The van der Waals surface area contributed by atoms with Crippen molar-refractivity contribution in [1.82, 2.24) is 4.57 Å². The molecule has 3 rings (SSSR count). The third kappa shape index (κ3) is 4.95. The Balaban J connectivity index is 1.72. The summed E-state index contributed by atoms with van der Waals surface area (Å²) in [6.07, 6.45) is 8.45. The molecule has 1 unspecified atom stereocenters. The minimum atomic E-state index is -0.110. The molecular formula is C21H29N2O2+. The number of ether oxygens (including phenoxy) is 1. The van der Waals surface area contributed by atoms with Gasteiger partial charge in [0.1, 0.15) is 6.54 Å². The van der Waals surface area contributed by atoms with Crippen LogP contribution < -0.4 is 4.90 Å².